The van der Waals surface area contributed by atoms with Gasteiger partial charge in [0.15, 0.2) is 0 Å². The molecule has 0 bridgehead atoms. The quantitative estimate of drug-likeness (QED) is 0.836. The first-order valence-electron chi connectivity index (χ1n) is 8.01. The van der Waals surface area contributed by atoms with Crippen LogP contribution in [0.4, 0.5) is 4.79 Å². The largest absolute Gasteiger partial charge is 0.465 e. The number of rotatable bonds is 4. The van der Waals surface area contributed by atoms with Crippen LogP contribution in [0.25, 0.3) is 0 Å². The maximum absolute atomic E-state index is 12.1. The predicted octanol–water partition coefficient (Wildman–Crippen LogP) is 2.45. The van der Waals surface area contributed by atoms with E-state index in [-0.39, 0.29) is 12.0 Å². The summed E-state index contributed by atoms with van der Waals surface area (Å²) in [7, 11) is 1.35. The molecule has 1 aromatic carbocycles. The molecule has 2 amide bonds. The summed E-state index contributed by atoms with van der Waals surface area (Å²) in [6.45, 7) is 4.66. The summed E-state index contributed by atoms with van der Waals surface area (Å²) >= 11 is 0. The molecule has 0 aromatic heterocycles. The first kappa shape index (κ1) is 17.3. The minimum absolute atomic E-state index is 0.206. The lowest BCUT2D eigenvalue weighted by Crippen LogP contribution is -2.56. The van der Waals surface area contributed by atoms with Gasteiger partial charge in [-0.05, 0) is 44.4 Å². The number of hydrogen-bond donors (Lipinski definition) is 2. The zero-order valence-corrected chi connectivity index (χ0v) is 14.0. The Kier molecular flexibility index (Phi) is 5.98. The number of piperidine rings is 1. The van der Waals surface area contributed by atoms with E-state index >= 15 is 0 Å². The van der Waals surface area contributed by atoms with Gasteiger partial charge in [-0.3, -0.25) is 5.43 Å². The fraction of sp³-hybridized carbons (Fsp3) is 0.529. The van der Waals surface area contributed by atoms with Crippen molar-refractivity contribution in [1.29, 1.82) is 0 Å². The van der Waals surface area contributed by atoms with Gasteiger partial charge in [0.25, 0.3) is 0 Å². The Labute approximate surface area is 137 Å². The number of carbonyl (C=O) groups excluding carboxylic acids is 2. The summed E-state index contributed by atoms with van der Waals surface area (Å²) in [5, 5.41) is 4.87. The number of urea groups is 1. The molecule has 0 radical (unpaired) electrons. The van der Waals surface area contributed by atoms with Crippen LogP contribution in [-0.2, 0) is 11.3 Å². The van der Waals surface area contributed by atoms with E-state index in [1.54, 1.807) is 24.3 Å². The molecule has 23 heavy (non-hydrogen) atoms. The highest BCUT2D eigenvalue weighted by Gasteiger charge is 2.25. The van der Waals surface area contributed by atoms with Crippen molar-refractivity contribution in [2.45, 2.75) is 51.7 Å². The van der Waals surface area contributed by atoms with Crippen LogP contribution in [0.5, 0.6) is 0 Å². The molecule has 1 aliphatic rings. The molecule has 1 heterocycles. The number of amides is 2. The van der Waals surface area contributed by atoms with E-state index in [1.807, 2.05) is 5.01 Å². The molecule has 2 rings (SSSR count). The van der Waals surface area contributed by atoms with Crippen LogP contribution in [-0.4, -0.2) is 36.2 Å². The van der Waals surface area contributed by atoms with E-state index in [4.69, 9.17) is 0 Å². The van der Waals surface area contributed by atoms with Gasteiger partial charge in [-0.15, -0.1) is 0 Å². The van der Waals surface area contributed by atoms with Gasteiger partial charge < -0.3 is 10.1 Å². The van der Waals surface area contributed by atoms with Crippen molar-refractivity contribution >= 4 is 12.0 Å². The third-order valence-electron chi connectivity index (χ3n) is 4.25. The maximum Gasteiger partial charge on any atom is 0.337 e. The standard InChI is InChI=1S/C17H25N3O3/c1-12-5-4-6-13(2)20(12)19-17(22)18-11-14-7-9-15(10-8-14)16(21)23-3/h7-10,12-13H,4-6,11H2,1-3H3,(H2,18,19,22). The number of ether oxygens (including phenoxy) is 1. The zero-order valence-electron chi connectivity index (χ0n) is 14.0. The Morgan fingerprint density at radius 1 is 1.17 bits per heavy atom. The highest BCUT2D eigenvalue weighted by Crippen LogP contribution is 2.20. The van der Waals surface area contributed by atoms with Crippen molar-refractivity contribution in [3.63, 3.8) is 0 Å². The summed E-state index contributed by atoms with van der Waals surface area (Å²) in [6, 6.07) is 7.48. The first-order chi connectivity index (χ1) is 11.0. The van der Waals surface area contributed by atoms with Crippen LogP contribution in [0, 0.1) is 0 Å². The normalized spacial score (nSPS) is 21.5. The van der Waals surface area contributed by atoms with Crippen LogP contribution in [0.2, 0.25) is 0 Å². The summed E-state index contributed by atoms with van der Waals surface area (Å²) in [6.07, 6.45) is 3.40. The van der Waals surface area contributed by atoms with Crippen molar-refractivity contribution in [1.82, 2.24) is 15.8 Å². The monoisotopic (exact) mass is 319 g/mol. The molecule has 2 N–H and O–H groups in total. The van der Waals surface area contributed by atoms with Gasteiger partial charge in [-0.25, -0.2) is 14.6 Å². The van der Waals surface area contributed by atoms with Crippen LogP contribution in [0.3, 0.4) is 0 Å². The van der Waals surface area contributed by atoms with E-state index in [2.05, 4.69) is 29.3 Å². The zero-order chi connectivity index (χ0) is 16.8. The summed E-state index contributed by atoms with van der Waals surface area (Å²) < 4.78 is 4.65. The second kappa shape index (κ2) is 7.97. The number of esters is 1. The molecule has 0 spiro atoms. The van der Waals surface area contributed by atoms with Crippen LogP contribution in [0.1, 0.15) is 49.0 Å². The Morgan fingerprint density at radius 3 is 2.35 bits per heavy atom. The van der Waals surface area contributed by atoms with E-state index in [9.17, 15) is 9.59 Å². The number of carbonyl (C=O) groups is 2. The highest BCUT2D eigenvalue weighted by atomic mass is 16.5. The van der Waals surface area contributed by atoms with Gasteiger partial charge in [0, 0.05) is 18.6 Å². The molecule has 126 valence electrons. The first-order valence-corrected chi connectivity index (χ1v) is 8.01. The van der Waals surface area contributed by atoms with Crippen molar-refractivity contribution in [3.05, 3.63) is 35.4 Å². The Morgan fingerprint density at radius 2 is 1.78 bits per heavy atom. The average Bonchev–Trinajstić information content (AvgIpc) is 2.56. The SMILES string of the molecule is COC(=O)c1ccc(CNC(=O)NN2C(C)CCCC2C)cc1. The molecular weight excluding hydrogens is 294 g/mol. The van der Waals surface area contributed by atoms with Gasteiger partial charge >= 0.3 is 12.0 Å². The third-order valence-corrected chi connectivity index (χ3v) is 4.25. The average molecular weight is 319 g/mol. The lowest BCUT2D eigenvalue weighted by Gasteiger charge is -2.38. The van der Waals surface area contributed by atoms with E-state index in [1.165, 1.54) is 13.5 Å². The molecule has 0 aliphatic carbocycles. The van der Waals surface area contributed by atoms with Crippen LogP contribution >= 0.6 is 0 Å². The number of nitrogens with zero attached hydrogens (tertiary/aromatic N) is 1. The number of hydrazine groups is 1. The summed E-state index contributed by atoms with van der Waals surface area (Å²) in [5.74, 6) is -0.365. The number of nitrogens with one attached hydrogen (secondary N) is 2. The lowest BCUT2D eigenvalue weighted by molar-refractivity contribution is 0.0594. The smallest absolute Gasteiger partial charge is 0.337 e. The maximum atomic E-state index is 12.1. The van der Waals surface area contributed by atoms with E-state index in [0.29, 0.717) is 24.2 Å². The topological polar surface area (TPSA) is 70.7 Å². The summed E-state index contributed by atoms with van der Waals surface area (Å²) in [5.41, 5.74) is 4.36. The Bertz CT molecular complexity index is 535. The van der Waals surface area contributed by atoms with Gasteiger partial charge in [-0.2, -0.15) is 0 Å². The molecule has 6 nitrogen and oxygen atoms in total. The predicted molar refractivity (Wildman–Crippen MR) is 87.8 cm³/mol. The van der Waals surface area contributed by atoms with Gasteiger partial charge in [0.1, 0.15) is 0 Å². The van der Waals surface area contributed by atoms with Gasteiger partial charge in [0.2, 0.25) is 0 Å². The fourth-order valence-electron chi connectivity index (χ4n) is 2.86. The minimum atomic E-state index is -0.365. The third kappa shape index (κ3) is 4.69. The second-order valence-electron chi connectivity index (χ2n) is 6.02. The van der Waals surface area contributed by atoms with E-state index in [0.717, 1.165) is 18.4 Å². The van der Waals surface area contributed by atoms with Gasteiger partial charge in [0.05, 0.1) is 12.7 Å². The van der Waals surface area contributed by atoms with Crippen molar-refractivity contribution in [3.8, 4) is 0 Å². The molecule has 1 aromatic rings. The molecule has 0 saturated carbocycles. The molecule has 1 fully saturated rings. The van der Waals surface area contributed by atoms with Crippen LogP contribution < -0.4 is 10.7 Å². The van der Waals surface area contributed by atoms with Crippen molar-refractivity contribution in [2.75, 3.05) is 7.11 Å². The number of benzene rings is 1. The van der Waals surface area contributed by atoms with E-state index < -0.39 is 0 Å². The Balaban J connectivity index is 1.83. The lowest BCUT2D eigenvalue weighted by atomic mass is 10.00. The van der Waals surface area contributed by atoms with Crippen molar-refractivity contribution < 1.29 is 14.3 Å². The van der Waals surface area contributed by atoms with Crippen LogP contribution in [0.15, 0.2) is 24.3 Å². The Hall–Kier alpha value is -2.08. The molecule has 2 unspecified atom stereocenters. The second-order valence-corrected chi connectivity index (χ2v) is 6.02. The van der Waals surface area contributed by atoms with Gasteiger partial charge in [-0.1, -0.05) is 18.6 Å². The molecule has 2 atom stereocenters. The molecule has 1 saturated heterocycles. The molecule has 1 aliphatic heterocycles. The number of hydrogen-bond acceptors (Lipinski definition) is 4. The number of methoxy groups -OCH3 is 1. The minimum Gasteiger partial charge on any atom is -0.465 e. The fourth-order valence-corrected chi connectivity index (χ4v) is 2.86. The summed E-state index contributed by atoms with van der Waals surface area (Å²) in [4.78, 5) is 23.4. The molecule has 6 heteroatoms. The molecular formula is C17H25N3O3. The highest BCUT2D eigenvalue weighted by molar-refractivity contribution is 5.89. The van der Waals surface area contributed by atoms with Crippen molar-refractivity contribution in [2.24, 2.45) is 0 Å².